The molecule has 1 heterocycles. The summed E-state index contributed by atoms with van der Waals surface area (Å²) in [5.41, 5.74) is 0.696. The van der Waals surface area contributed by atoms with Crippen LogP contribution in [-0.4, -0.2) is 72.4 Å². The molecule has 0 saturated carbocycles. The molecule has 37 heavy (non-hydrogen) atoms. The van der Waals surface area contributed by atoms with Gasteiger partial charge in [0.25, 0.3) is 0 Å². The van der Waals surface area contributed by atoms with Crippen LogP contribution in [-0.2, 0) is 11.3 Å². The van der Waals surface area contributed by atoms with E-state index in [1.165, 1.54) is 0 Å². The molecule has 0 unspecified atom stereocenters. The number of nitrogens with zero attached hydrogens (tertiary/aromatic N) is 3. The summed E-state index contributed by atoms with van der Waals surface area (Å²) in [6.45, 7) is 6.35. The second-order valence-corrected chi connectivity index (χ2v) is 9.25. The number of aromatic nitrogens is 2. The van der Waals surface area contributed by atoms with E-state index in [0.29, 0.717) is 55.5 Å². The zero-order chi connectivity index (χ0) is 26.9. The summed E-state index contributed by atoms with van der Waals surface area (Å²) >= 11 is 0. The highest BCUT2D eigenvalue weighted by Gasteiger charge is 2.20. The largest absolute Gasteiger partial charge is 0.450 e. The maximum atomic E-state index is 14.3. The van der Waals surface area contributed by atoms with Gasteiger partial charge in [0.05, 0.1) is 31.0 Å². The lowest BCUT2D eigenvalue weighted by Gasteiger charge is -2.21. The Bertz CT molecular complexity index is 1190. The van der Waals surface area contributed by atoms with Crippen LogP contribution in [0.4, 0.5) is 13.6 Å². The summed E-state index contributed by atoms with van der Waals surface area (Å²) in [6.07, 6.45) is 1.31. The fraction of sp³-hybridized carbons (Fsp3) is 0.462. The van der Waals surface area contributed by atoms with Crippen LogP contribution in [0.15, 0.2) is 36.5 Å². The van der Waals surface area contributed by atoms with Gasteiger partial charge in [0.1, 0.15) is 5.82 Å². The van der Waals surface area contributed by atoms with Crippen molar-refractivity contribution in [1.29, 1.82) is 0 Å². The number of benzene rings is 2. The Labute approximate surface area is 214 Å². The summed E-state index contributed by atoms with van der Waals surface area (Å²) in [6, 6.07) is 5.55. The summed E-state index contributed by atoms with van der Waals surface area (Å²) in [5, 5.41) is 17.5. The van der Waals surface area contributed by atoms with E-state index in [9.17, 15) is 18.7 Å². The third-order valence-electron chi connectivity index (χ3n) is 5.64. The van der Waals surface area contributed by atoms with Gasteiger partial charge in [0.15, 0.2) is 23.1 Å². The number of hydrogen-bond acceptors (Lipinski definition) is 7. The quantitative estimate of drug-likeness (QED) is 0.349. The van der Waals surface area contributed by atoms with Gasteiger partial charge in [-0.15, -0.1) is 0 Å². The first-order chi connectivity index (χ1) is 17.7. The number of rotatable bonds is 13. The Hall–Kier alpha value is -3.28. The Morgan fingerprint density at radius 3 is 2.62 bits per heavy atom. The van der Waals surface area contributed by atoms with Crippen molar-refractivity contribution in [3.05, 3.63) is 48.2 Å². The molecule has 0 fully saturated rings. The van der Waals surface area contributed by atoms with Crippen molar-refractivity contribution >= 4 is 17.0 Å². The van der Waals surface area contributed by atoms with E-state index in [1.807, 2.05) is 11.9 Å². The van der Waals surface area contributed by atoms with Crippen LogP contribution in [0.25, 0.3) is 10.9 Å². The van der Waals surface area contributed by atoms with Crippen molar-refractivity contribution < 1.29 is 32.9 Å². The number of hydrogen-bond donors (Lipinski definition) is 2. The Morgan fingerprint density at radius 1 is 1.16 bits per heavy atom. The zero-order valence-electron chi connectivity index (χ0n) is 21.5. The predicted molar refractivity (Wildman–Crippen MR) is 135 cm³/mol. The monoisotopic (exact) mass is 520 g/mol. The van der Waals surface area contributed by atoms with Crippen molar-refractivity contribution in [2.45, 2.75) is 32.9 Å². The van der Waals surface area contributed by atoms with Gasteiger partial charge in [-0.3, -0.25) is 4.68 Å². The van der Waals surface area contributed by atoms with Crippen LogP contribution in [0.5, 0.6) is 17.2 Å². The van der Waals surface area contributed by atoms with Crippen molar-refractivity contribution in [3.63, 3.8) is 0 Å². The molecule has 3 aromatic rings. The van der Waals surface area contributed by atoms with Gasteiger partial charge in [-0.2, -0.15) is 5.10 Å². The minimum Gasteiger partial charge on any atom is -0.450 e. The SMILES string of the molecule is COCCN(C)CC[C@@H](CO)NC(=O)Oc1cc2c(cnn2CC(C)C)cc1Oc1ccc(F)cc1F. The number of halogens is 2. The van der Waals surface area contributed by atoms with Gasteiger partial charge in [-0.25, -0.2) is 13.6 Å². The maximum absolute atomic E-state index is 14.3. The minimum absolute atomic E-state index is 0.0214. The van der Waals surface area contributed by atoms with E-state index >= 15 is 0 Å². The molecule has 0 radical (unpaired) electrons. The molecule has 1 aromatic heterocycles. The fourth-order valence-electron chi connectivity index (χ4n) is 3.65. The Kier molecular flexibility index (Phi) is 10.2. The second-order valence-electron chi connectivity index (χ2n) is 9.25. The number of aliphatic hydroxyl groups is 1. The molecule has 202 valence electrons. The molecule has 0 bridgehead atoms. The lowest BCUT2D eigenvalue weighted by Crippen LogP contribution is -2.41. The van der Waals surface area contributed by atoms with Gasteiger partial charge < -0.3 is 29.5 Å². The van der Waals surface area contributed by atoms with Crippen molar-refractivity contribution in [2.75, 3.05) is 40.5 Å². The van der Waals surface area contributed by atoms with E-state index in [-0.39, 0.29) is 23.9 Å². The average molecular weight is 521 g/mol. The van der Waals surface area contributed by atoms with Crippen LogP contribution in [0.3, 0.4) is 0 Å². The van der Waals surface area contributed by atoms with Gasteiger partial charge in [-0.05, 0) is 44.1 Å². The third-order valence-corrected chi connectivity index (χ3v) is 5.64. The highest BCUT2D eigenvalue weighted by atomic mass is 19.1. The van der Waals surface area contributed by atoms with Crippen LogP contribution >= 0.6 is 0 Å². The van der Waals surface area contributed by atoms with E-state index in [4.69, 9.17) is 14.2 Å². The molecular weight excluding hydrogens is 486 g/mol. The van der Waals surface area contributed by atoms with Crippen LogP contribution in [0, 0.1) is 17.6 Å². The molecule has 11 heteroatoms. The summed E-state index contributed by atoms with van der Waals surface area (Å²) in [7, 11) is 3.54. The molecule has 9 nitrogen and oxygen atoms in total. The zero-order valence-corrected chi connectivity index (χ0v) is 21.5. The standard InChI is InChI=1S/C26H34F2N4O5/c1-17(2)15-32-22-13-25(37-26(34)30-20(16-33)7-8-31(3)9-10-35-4)24(11-18(22)14-29-32)36-23-6-5-19(27)12-21(23)28/h5-6,11-14,17,20,33H,7-10,15-16H2,1-4H3,(H,30,34)/t20-/m0/s1. The molecular formula is C26H34F2N4O5. The first-order valence-corrected chi connectivity index (χ1v) is 12.1. The van der Waals surface area contributed by atoms with E-state index < -0.39 is 23.8 Å². The highest BCUT2D eigenvalue weighted by molar-refractivity contribution is 5.84. The molecule has 1 atom stereocenters. The van der Waals surface area contributed by atoms with Crippen molar-refractivity contribution in [2.24, 2.45) is 5.92 Å². The third kappa shape index (κ3) is 8.11. The normalized spacial score (nSPS) is 12.4. The Morgan fingerprint density at radius 2 is 1.95 bits per heavy atom. The smallest absolute Gasteiger partial charge is 0.413 e. The van der Waals surface area contributed by atoms with Gasteiger partial charge in [-0.1, -0.05) is 13.8 Å². The number of fused-ring (bicyclic) bond motifs is 1. The molecule has 0 aliphatic carbocycles. The average Bonchev–Trinajstić information content (AvgIpc) is 3.22. The predicted octanol–water partition coefficient (Wildman–Crippen LogP) is 4.18. The van der Waals surface area contributed by atoms with Crippen LogP contribution in [0.1, 0.15) is 20.3 Å². The molecule has 0 aliphatic rings. The number of aliphatic hydroxyl groups excluding tert-OH is 1. The Balaban J connectivity index is 1.82. The van der Waals surface area contributed by atoms with E-state index in [1.54, 1.807) is 30.1 Å². The minimum atomic E-state index is -0.899. The first kappa shape index (κ1) is 28.3. The van der Waals surface area contributed by atoms with Gasteiger partial charge >= 0.3 is 6.09 Å². The molecule has 0 aliphatic heterocycles. The first-order valence-electron chi connectivity index (χ1n) is 12.1. The summed E-state index contributed by atoms with van der Waals surface area (Å²) in [4.78, 5) is 14.8. The van der Waals surface area contributed by atoms with Crippen LogP contribution in [0.2, 0.25) is 0 Å². The molecule has 2 N–H and O–H groups in total. The van der Waals surface area contributed by atoms with Gasteiger partial charge in [0.2, 0.25) is 0 Å². The fourth-order valence-corrected chi connectivity index (χ4v) is 3.65. The number of methoxy groups -OCH3 is 1. The lowest BCUT2D eigenvalue weighted by atomic mass is 10.2. The summed E-state index contributed by atoms with van der Waals surface area (Å²) < 4.78 is 45.8. The number of carbonyl (C=O) groups is 1. The molecule has 3 rings (SSSR count). The number of nitrogens with one attached hydrogen (secondary N) is 1. The lowest BCUT2D eigenvalue weighted by molar-refractivity contribution is 0.151. The maximum Gasteiger partial charge on any atom is 0.413 e. The van der Waals surface area contributed by atoms with E-state index in [0.717, 1.165) is 12.1 Å². The number of amides is 1. The molecule has 1 amide bonds. The van der Waals surface area contributed by atoms with E-state index in [2.05, 4.69) is 24.3 Å². The topological polar surface area (TPSA) is 98.1 Å². The second kappa shape index (κ2) is 13.3. The molecule has 0 spiro atoms. The number of ether oxygens (including phenoxy) is 3. The van der Waals surface area contributed by atoms with Crippen LogP contribution < -0.4 is 14.8 Å². The number of likely N-dealkylation sites (N-methyl/N-ethyl adjacent to an activating group) is 1. The van der Waals surface area contributed by atoms with Crippen molar-refractivity contribution in [3.8, 4) is 17.2 Å². The molecule has 2 aromatic carbocycles. The molecule has 0 saturated heterocycles. The van der Waals surface area contributed by atoms with Gasteiger partial charge in [0, 0.05) is 37.7 Å². The summed E-state index contributed by atoms with van der Waals surface area (Å²) in [5.74, 6) is -1.48. The highest BCUT2D eigenvalue weighted by Crippen LogP contribution is 2.37. The van der Waals surface area contributed by atoms with Crippen molar-refractivity contribution in [1.82, 2.24) is 20.0 Å². The number of carbonyl (C=O) groups excluding carboxylic acids is 1.